The van der Waals surface area contributed by atoms with Crippen molar-refractivity contribution >= 4 is 11.6 Å². The van der Waals surface area contributed by atoms with Crippen molar-refractivity contribution in [1.82, 2.24) is 15.1 Å². The minimum atomic E-state index is 0.419. The summed E-state index contributed by atoms with van der Waals surface area (Å²) in [5, 5.41) is 8.45. The van der Waals surface area contributed by atoms with Crippen molar-refractivity contribution < 1.29 is 0 Å². The van der Waals surface area contributed by atoms with Gasteiger partial charge in [-0.05, 0) is 36.2 Å². The number of nitrogens with zero attached hydrogens (tertiary/aromatic N) is 2. The molecule has 0 fully saturated rings. The van der Waals surface area contributed by atoms with E-state index in [1.807, 2.05) is 30.1 Å². The van der Waals surface area contributed by atoms with Gasteiger partial charge in [0.05, 0.1) is 6.20 Å². The Morgan fingerprint density at radius 1 is 1.42 bits per heavy atom. The summed E-state index contributed by atoms with van der Waals surface area (Å²) in [7, 11) is 1.95. The van der Waals surface area contributed by atoms with Crippen molar-refractivity contribution in [3.05, 3.63) is 52.8 Å². The lowest BCUT2D eigenvalue weighted by atomic mass is 9.93. The fourth-order valence-electron chi connectivity index (χ4n) is 2.25. The lowest BCUT2D eigenvalue weighted by Crippen LogP contribution is -2.22. The molecule has 102 valence electrons. The summed E-state index contributed by atoms with van der Waals surface area (Å²) in [6.07, 6.45) is 4.98. The molecule has 3 nitrogen and oxygen atoms in total. The van der Waals surface area contributed by atoms with Crippen LogP contribution in [0.4, 0.5) is 0 Å². The van der Waals surface area contributed by atoms with Crippen molar-refractivity contribution in [2.45, 2.75) is 19.3 Å². The maximum Gasteiger partial charge on any atom is 0.0521 e. The summed E-state index contributed by atoms with van der Waals surface area (Å²) in [5.74, 6) is 0.419. The number of likely N-dealkylation sites (N-methyl/N-ethyl adjacent to an activating group) is 1. The Morgan fingerprint density at radius 3 is 2.89 bits per heavy atom. The number of aryl methyl sites for hydroxylation is 1. The average molecular weight is 278 g/mol. The number of hydrogen-bond donors (Lipinski definition) is 1. The fraction of sp³-hybridized carbons (Fsp3) is 0.400. The molecule has 0 bridgehead atoms. The van der Waals surface area contributed by atoms with Gasteiger partial charge in [-0.2, -0.15) is 5.10 Å². The first kappa shape index (κ1) is 14.1. The van der Waals surface area contributed by atoms with E-state index in [-0.39, 0.29) is 0 Å². The van der Waals surface area contributed by atoms with Crippen LogP contribution in [0.15, 0.2) is 36.7 Å². The van der Waals surface area contributed by atoms with Gasteiger partial charge in [-0.1, -0.05) is 30.7 Å². The van der Waals surface area contributed by atoms with Crippen LogP contribution in [0.1, 0.15) is 24.0 Å². The van der Waals surface area contributed by atoms with Crippen LogP contribution in [0, 0.1) is 0 Å². The third-order valence-electron chi connectivity index (χ3n) is 3.20. The summed E-state index contributed by atoms with van der Waals surface area (Å²) < 4.78 is 1.84. The molecule has 0 aliphatic carbocycles. The smallest absolute Gasteiger partial charge is 0.0521 e. The molecule has 19 heavy (non-hydrogen) atoms. The van der Waals surface area contributed by atoms with Crippen LogP contribution >= 0.6 is 11.6 Å². The van der Waals surface area contributed by atoms with Crippen molar-refractivity contribution in [3.63, 3.8) is 0 Å². The van der Waals surface area contributed by atoms with E-state index in [0.29, 0.717) is 5.92 Å². The SMILES string of the molecule is CCNCC(Cc1cnn(C)c1)c1cccc(Cl)c1. The number of rotatable bonds is 6. The number of aromatic nitrogens is 2. The summed E-state index contributed by atoms with van der Waals surface area (Å²) in [4.78, 5) is 0. The Hall–Kier alpha value is -1.32. The number of benzene rings is 1. The first-order valence-corrected chi connectivity index (χ1v) is 7.00. The molecule has 0 radical (unpaired) electrons. The molecule has 1 N–H and O–H groups in total. The maximum atomic E-state index is 6.09. The molecule has 0 saturated carbocycles. The zero-order valence-corrected chi connectivity index (χ0v) is 12.2. The highest BCUT2D eigenvalue weighted by Gasteiger charge is 2.13. The summed E-state index contributed by atoms with van der Waals surface area (Å²) >= 11 is 6.09. The average Bonchev–Trinajstić information content (AvgIpc) is 2.80. The molecule has 2 rings (SSSR count). The Kier molecular flexibility index (Phi) is 5.00. The quantitative estimate of drug-likeness (QED) is 0.880. The second kappa shape index (κ2) is 6.73. The van der Waals surface area contributed by atoms with Crippen LogP contribution < -0.4 is 5.32 Å². The molecule has 0 aliphatic rings. The Bertz CT molecular complexity index is 522. The minimum Gasteiger partial charge on any atom is -0.316 e. The Morgan fingerprint density at radius 2 is 2.26 bits per heavy atom. The van der Waals surface area contributed by atoms with E-state index in [0.717, 1.165) is 24.5 Å². The lowest BCUT2D eigenvalue weighted by molar-refractivity contribution is 0.594. The highest BCUT2D eigenvalue weighted by Crippen LogP contribution is 2.23. The van der Waals surface area contributed by atoms with Crippen LogP contribution in [-0.2, 0) is 13.5 Å². The van der Waals surface area contributed by atoms with Gasteiger partial charge in [-0.15, -0.1) is 0 Å². The first-order chi connectivity index (χ1) is 9.19. The highest BCUT2D eigenvalue weighted by atomic mass is 35.5. The molecule has 1 atom stereocenters. The number of halogens is 1. The predicted octanol–water partition coefficient (Wildman–Crippen LogP) is 3.01. The zero-order chi connectivity index (χ0) is 13.7. The van der Waals surface area contributed by atoms with Gasteiger partial charge in [-0.3, -0.25) is 4.68 Å². The molecule has 0 aliphatic heterocycles. The number of hydrogen-bond acceptors (Lipinski definition) is 2. The molecular weight excluding hydrogens is 258 g/mol. The van der Waals surface area contributed by atoms with Crippen molar-refractivity contribution in [2.75, 3.05) is 13.1 Å². The van der Waals surface area contributed by atoms with E-state index < -0.39 is 0 Å². The van der Waals surface area contributed by atoms with Gasteiger partial charge in [-0.25, -0.2) is 0 Å². The molecule has 0 amide bonds. The molecule has 1 unspecified atom stereocenters. The van der Waals surface area contributed by atoms with E-state index in [4.69, 9.17) is 11.6 Å². The Labute approximate surface area is 119 Å². The predicted molar refractivity (Wildman–Crippen MR) is 79.6 cm³/mol. The second-order valence-electron chi connectivity index (χ2n) is 4.79. The van der Waals surface area contributed by atoms with Crippen LogP contribution in [0.5, 0.6) is 0 Å². The van der Waals surface area contributed by atoms with Crippen LogP contribution in [0.25, 0.3) is 0 Å². The largest absolute Gasteiger partial charge is 0.316 e. The van der Waals surface area contributed by atoms with Crippen LogP contribution in [-0.4, -0.2) is 22.9 Å². The van der Waals surface area contributed by atoms with E-state index in [2.05, 4.69) is 35.7 Å². The van der Waals surface area contributed by atoms with E-state index in [1.54, 1.807) is 0 Å². The summed E-state index contributed by atoms with van der Waals surface area (Å²) in [5.41, 5.74) is 2.53. The minimum absolute atomic E-state index is 0.419. The molecule has 0 saturated heterocycles. The molecule has 1 aromatic heterocycles. The van der Waals surface area contributed by atoms with E-state index >= 15 is 0 Å². The maximum absolute atomic E-state index is 6.09. The van der Waals surface area contributed by atoms with E-state index in [9.17, 15) is 0 Å². The molecule has 1 heterocycles. The lowest BCUT2D eigenvalue weighted by Gasteiger charge is -2.17. The van der Waals surface area contributed by atoms with Crippen LogP contribution in [0.2, 0.25) is 5.02 Å². The van der Waals surface area contributed by atoms with Crippen LogP contribution in [0.3, 0.4) is 0 Å². The van der Waals surface area contributed by atoms with Gasteiger partial charge < -0.3 is 5.32 Å². The van der Waals surface area contributed by atoms with Gasteiger partial charge in [0.2, 0.25) is 0 Å². The fourth-order valence-corrected chi connectivity index (χ4v) is 2.45. The topological polar surface area (TPSA) is 29.9 Å². The third kappa shape index (κ3) is 4.08. The van der Waals surface area contributed by atoms with Gasteiger partial charge in [0.1, 0.15) is 0 Å². The van der Waals surface area contributed by atoms with Gasteiger partial charge >= 0.3 is 0 Å². The van der Waals surface area contributed by atoms with Gasteiger partial charge in [0.15, 0.2) is 0 Å². The highest BCUT2D eigenvalue weighted by molar-refractivity contribution is 6.30. The Balaban J connectivity index is 2.15. The molecule has 0 spiro atoms. The molecule has 2 aromatic rings. The normalized spacial score (nSPS) is 12.6. The van der Waals surface area contributed by atoms with Crippen molar-refractivity contribution in [1.29, 1.82) is 0 Å². The molecular formula is C15H20ClN3. The van der Waals surface area contributed by atoms with Gasteiger partial charge in [0, 0.05) is 30.7 Å². The first-order valence-electron chi connectivity index (χ1n) is 6.62. The van der Waals surface area contributed by atoms with Crippen molar-refractivity contribution in [3.8, 4) is 0 Å². The molecule has 4 heteroatoms. The zero-order valence-electron chi connectivity index (χ0n) is 11.4. The number of nitrogens with one attached hydrogen (secondary N) is 1. The summed E-state index contributed by atoms with van der Waals surface area (Å²) in [6.45, 7) is 4.05. The van der Waals surface area contributed by atoms with Crippen molar-refractivity contribution in [2.24, 2.45) is 7.05 Å². The molecule has 1 aromatic carbocycles. The standard InChI is InChI=1S/C15H20ClN3/c1-3-17-10-14(7-12-9-18-19(2)11-12)13-5-4-6-15(16)8-13/h4-6,8-9,11,14,17H,3,7,10H2,1-2H3. The van der Waals surface area contributed by atoms with Gasteiger partial charge in [0.25, 0.3) is 0 Å². The van der Waals surface area contributed by atoms with E-state index in [1.165, 1.54) is 11.1 Å². The summed E-state index contributed by atoms with van der Waals surface area (Å²) in [6, 6.07) is 8.13. The third-order valence-corrected chi connectivity index (χ3v) is 3.44. The second-order valence-corrected chi connectivity index (χ2v) is 5.22. The monoisotopic (exact) mass is 277 g/mol.